The highest BCUT2D eigenvalue weighted by molar-refractivity contribution is 5.98. The van der Waals surface area contributed by atoms with E-state index in [1.807, 2.05) is 37.3 Å². The molecular formula is C29H35NO7. The van der Waals surface area contributed by atoms with Crippen molar-refractivity contribution in [3.63, 3.8) is 0 Å². The molecule has 0 saturated heterocycles. The number of amides is 1. The number of allylic oxidation sites excluding steroid dienone is 1. The van der Waals surface area contributed by atoms with E-state index in [2.05, 4.69) is 10.1 Å². The molecule has 0 heterocycles. The number of nitrogens with one attached hydrogen (secondary N) is 1. The maximum atomic E-state index is 12.4. The number of benzene rings is 2. The Morgan fingerprint density at radius 3 is 2.22 bits per heavy atom. The van der Waals surface area contributed by atoms with Crippen LogP contribution in [-0.2, 0) is 35.2 Å². The third-order valence-corrected chi connectivity index (χ3v) is 4.54. The number of carbonyl (C=O) groups is 3. The van der Waals surface area contributed by atoms with Crippen molar-refractivity contribution in [1.29, 1.82) is 0 Å². The van der Waals surface area contributed by atoms with Gasteiger partial charge >= 0.3 is 5.97 Å². The molecule has 198 valence electrons. The normalized spacial score (nSPS) is 10.8. The standard InChI is InChI=1S/C21H27NO5.C8H8O2/c1-4-7-20(23)27-19-11-9-17(10-12-19)16-18(8-5-14-25-2)21(24)22-13-6-15-26-3;9-7-10-6-8-4-2-1-3-5-8/h5-6,9-12,14-16H,4,7-8,13H2,1-3H3,(H,22,24);1-5,7H,6H2/b14-5+,15-6+,18-16+;. The van der Waals surface area contributed by atoms with Gasteiger partial charge in [0.2, 0.25) is 5.91 Å². The predicted molar refractivity (Wildman–Crippen MR) is 142 cm³/mol. The Labute approximate surface area is 218 Å². The van der Waals surface area contributed by atoms with Crippen LogP contribution < -0.4 is 10.1 Å². The second-order valence-corrected chi connectivity index (χ2v) is 7.48. The van der Waals surface area contributed by atoms with E-state index in [9.17, 15) is 14.4 Å². The zero-order valence-electron chi connectivity index (χ0n) is 21.6. The van der Waals surface area contributed by atoms with E-state index in [-0.39, 0.29) is 11.9 Å². The van der Waals surface area contributed by atoms with Gasteiger partial charge in [-0.15, -0.1) is 0 Å². The summed E-state index contributed by atoms with van der Waals surface area (Å²) in [5, 5.41) is 2.80. The van der Waals surface area contributed by atoms with Gasteiger partial charge in [-0.2, -0.15) is 0 Å². The summed E-state index contributed by atoms with van der Waals surface area (Å²) < 4.78 is 19.5. The Bertz CT molecular complexity index is 1010. The first-order valence-electron chi connectivity index (χ1n) is 11.8. The molecule has 2 rings (SSSR count). The van der Waals surface area contributed by atoms with Gasteiger partial charge in [-0.3, -0.25) is 14.4 Å². The molecule has 1 N–H and O–H groups in total. The van der Waals surface area contributed by atoms with E-state index in [0.717, 1.165) is 17.5 Å². The summed E-state index contributed by atoms with van der Waals surface area (Å²) in [4.78, 5) is 33.7. The molecule has 8 heteroatoms. The average Bonchev–Trinajstić information content (AvgIpc) is 2.91. The lowest BCUT2D eigenvalue weighted by Gasteiger charge is -2.07. The van der Waals surface area contributed by atoms with E-state index >= 15 is 0 Å². The lowest BCUT2D eigenvalue weighted by molar-refractivity contribution is -0.134. The van der Waals surface area contributed by atoms with Gasteiger partial charge in [0.25, 0.3) is 6.47 Å². The lowest BCUT2D eigenvalue weighted by Crippen LogP contribution is -2.24. The first-order valence-corrected chi connectivity index (χ1v) is 11.8. The number of ether oxygens (including phenoxy) is 4. The Morgan fingerprint density at radius 2 is 1.59 bits per heavy atom. The van der Waals surface area contributed by atoms with Crippen LogP contribution in [0.1, 0.15) is 37.3 Å². The van der Waals surface area contributed by atoms with Crippen LogP contribution in [0.25, 0.3) is 6.08 Å². The van der Waals surface area contributed by atoms with E-state index in [4.69, 9.17) is 14.2 Å². The number of hydrogen-bond donors (Lipinski definition) is 1. The average molecular weight is 510 g/mol. The summed E-state index contributed by atoms with van der Waals surface area (Å²) >= 11 is 0. The maximum absolute atomic E-state index is 12.4. The highest BCUT2D eigenvalue weighted by Gasteiger charge is 2.08. The molecule has 2 aromatic rings. The highest BCUT2D eigenvalue weighted by Crippen LogP contribution is 2.17. The molecule has 0 spiro atoms. The fraction of sp³-hybridized carbons (Fsp3) is 0.276. The molecular weight excluding hydrogens is 474 g/mol. The fourth-order valence-electron chi connectivity index (χ4n) is 2.82. The minimum atomic E-state index is -0.255. The molecule has 37 heavy (non-hydrogen) atoms. The molecule has 0 aliphatic heterocycles. The predicted octanol–water partition coefficient (Wildman–Crippen LogP) is 4.96. The van der Waals surface area contributed by atoms with Crippen molar-refractivity contribution in [2.24, 2.45) is 0 Å². The zero-order chi connectivity index (χ0) is 27.1. The van der Waals surface area contributed by atoms with Crippen LogP contribution in [0.5, 0.6) is 5.75 Å². The summed E-state index contributed by atoms with van der Waals surface area (Å²) in [7, 11) is 3.09. The molecule has 0 radical (unpaired) electrons. The fourth-order valence-corrected chi connectivity index (χ4v) is 2.82. The summed E-state index contributed by atoms with van der Waals surface area (Å²) in [5.41, 5.74) is 2.41. The first kappa shape index (κ1) is 30.7. The van der Waals surface area contributed by atoms with Gasteiger partial charge in [0.15, 0.2) is 0 Å². The SMILES string of the molecule is CCCC(=O)Oc1ccc(/C=C(\C/C=C/OC)C(=O)NC/C=C/OC)cc1.O=COCc1ccccc1. The van der Waals surface area contributed by atoms with Gasteiger partial charge in [-0.1, -0.05) is 49.4 Å². The van der Waals surface area contributed by atoms with Crippen LogP contribution in [0.2, 0.25) is 0 Å². The van der Waals surface area contributed by atoms with Gasteiger partial charge in [0, 0.05) is 18.5 Å². The second-order valence-electron chi connectivity index (χ2n) is 7.48. The van der Waals surface area contributed by atoms with Crippen LogP contribution in [0.4, 0.5) is 0 Å². The van der Waals surface area contributed by atoms with E-state index < -0.39 is 0 Å². The van der Waals surface area contributed by atoms with E-state index in [0.29, 0.717) is 43.8 Å². The molecule has 0 bridgehead atoms. The van der Waals surface area contributed by atoms with Gasteiger partial charge in [0.1, 0.15) is 12.4 Å². The summed E-state index contributed by atoms with van der Waals surface area (Å²) in [6.07, 6.45) is 9.84. The largest absolute Gasteiger partial charge is 0.505 e. The molecule has 8 nitrogen and oxygen atoms in total. The van der Waals surface area contributed by atoms with Gasteiger partial charge in [-0.05, 0) is 54.3 Å². The van der Waals surface area contributed by atoms with Crippen LogP contribution in [-0.4, -0.2) is 39.1 Å². The number of esters is 1. The summed E-state index contributed by atoms with van der Waals surface area (Å²) in [6.45, 7) is 3.10. The molecule has 1 amide bonds. The number of carbonyl (C=O) groups excluding carboxylic acids is 3. The highest BCUT2D eigenvalue weighted by atomic mass is 16.5. The Kier molecular flexibility index (Phi) is 16.5. The van der Waals surface area contributed by atoms with Crippen molar-refractivity contribution in [3.8, 4) is 5.75 Å². The van der Waals surface area contributed by atoms with E-state index in [1.165, 1.54) is 12.5 Å². The first-order chi connectivity index (χ1) is 18.0. The lowest BCUT2D eigenvalue weighted by atomic mass is 10.1. The second kappa shape index (κ2) is 19.9. The topological polar surface area (TPSA) is 100 Å². The van der Waals surface area contributed by atoms with Crippen molar-refractivity contribution in [2.45, 2.75) is 32.8 Å². The Hall–Kier alpha value is -4.33. The summed E-state index contributed by atoms with van der Waals surface area (Å²) in [5.74, 6) is 0.0465. The number of hydrogen-bond acceptors (Lipinski definition) is 7. The van der Waals surface area contributed by atoms with E-state index in [1.54, 1.807) is 56.7 Å². The molecule has 0 saturated carbocycles. The van der Waals surface area contributed by atoms with Crippen molar-refractivity contribution in [3.05, 3.63) is 96.0 Å². The molecule has 0 aliphatic carbocycles. The minimum Gasteiger partial charge on any atom is -0.505 e. The van der Waals surface area contributed by atoms with Crippen LogP contribution in [0, 0.1) is 0 Å². The van der Waals surface area contributed by atoms with Crippen molar-refractivity contribution in [2.75, 3.05) is 20.8 Å². The third-order valence-electron chi connectivity index (χ3n) is 4.54. The zero-order valence-corrected chi connectivity index (χ0v) is 21.6. The molecule has 0 aromatic heterocycles. The Balaban J connectivity index is 0.000000568. The van der Waals surface area contributed by atoms with Crippen LogP contribution in [0.15, 0.2) is 84.8 Å². The summed E-state index contributed by atoms with van der Waals surface area (Å²) in [6, 6.07) is 16.6. The van der Waals surface area contributed by atoms with Gasteiger partial charge < -0.3 is 24.3 Å². The number of rotatable bonds is 14. The van der Waals surface area contributed by atoms with Crippen molar-refractivity contribution in [1.82, 2.24) is 5.32 Å². The molecule has 0 fully saturated rings. The minimum absolute atomic E-state index is 0.185. The molecule has 0 atom stereocenters. The van der Waals surface area contributed by atoms with Gasteiger partial charge in [-0.25, -0.2) is 0 Å². The number of methoxy groups -OCH3 is 2. The van der Waals surface area contributed by atoms with Gasteiger partial charge in [0.05, 0.1) is 26.7 Å². The quantitative estimate of drug-likeness (QED) is 0.126. The molecule has 0 unspecified atom stereocenters. The molecule has 2 aromatic carbocycles. The van der Waals surface area contributed by atoms with Crippen molar-refractivity contribution >= 4 is 24.4 Å². The Morgan fingerprint density at radius 1 is 0.919 bits per heavy atom. The molecule has 0 aliphatic rings. The van der Waals surface area contributed by atoms with Crippen LogP contribution >= 0.6 is 0 Å². The smallest absolute Gasteiger partial charge is 0.311 e. The van der Waals surface area contributed by atoms with Crippen LogP contribution in [0.3, 0.4) is 0 Å². The van der Waals surface area contributed by atoms with Crippen molar-refractivity contribution < 1.29 is 33.3 Å². The third kappa shape index (κ3) is 14.6. The monoisotopic (exact) mass is 509 g/mol. The maximum Gasteiger partial charge on any atom is 0.311 e.